The molecule has 1 heterocycles. The second-order valence-corrected chi connectivity index (χ2v) is 4.55. The number of carbonyl (C=O) groups excluding carboxylic acids is 1. The third-order valence-corrected chi connectivity index (χ3v) is 2.62. The third kappa shape index (κ3) is 2.59. The molecule has 0 bridgehead atoms. The Hall–Kier alpha value is -2.10. The molecule has 0 fully saturated rings. The number of benzene rings is 1. The molecule has 0 saturated heterocycles. The summed E-state index contributed by atoms with van der Waals surface area (Å²) in [6.07, 6.45) is 1.31. The van der Waals surface area contributed by atoms with Crippen LogP contribution in [-0.2, 0) is 0 Å². The van der Waals surface area contributed by atoms with Crippen LogP contribution in [0.4, 0.5) is 5.69 Å². The maximum atomic E-state index is 12.1. The Morgan fingerprint density at radius 1 is 1.39 bits per heavy atom. The van der Waals surface area contributed by atoms with Crippen molar-refractivity contribution in [3.63, 3.8) is 0 Å². The summed E-state index contributed by atoms with van der Waals surface area (Å²) in [6, 6.07) is 7.62. The van der Waals surface area contributed by atoms with E-state index >= 15 is 0 Å². The Morgan fingerprint density at radius 2 is 2.17 bits per heavy atom. The van der Waals surface area contributed by atoms with Gasteiger partial charge in [-0.15, -0.1) is 0 Å². The lowest BCUT2D eigenvalue weighted by Crippen LogP contribution is -2.13. The number of aryl methyl sites for hydroxylation is 1. The van der Waals surface area contributed by atoms with Crippen molar-refractivity contribution in [3.8, 4) is 0 Å². The van der Waals surface area contributed by atoms with Crippen LogP contribution in [-0.4, -0.2) is 10.9 Å². The molecule has 1 N–H and O–H groups in total. The van der Waals surface area contributed by atoms with Crippen molar-refractivity contribution in [2.75, 3.05) is 5.32 Å². The highest BCUT2D eigenvalue weighted by atomic mass is 16.3. The quantitative estimate of drug-likeness (QED) is 0.900. The summed E-state index contributed by atoms with van der Waals surface area (Å²) in [5, 5.41) is 2.81. The molecule has 0 aliphatic rings. The lowest BCUT2D eigenvalue weighted by atomic mass is 10.1. The summed E-state index contributed by atoms with van der Waals surface area (Å²) < 4.78 is 5.17. The molecule has 4 heteroatoms. The molecule has 18 heavy (non-hydrogen) atoms. The van der Waals surface area contributed by atoms with Gasteiger partial charge in [-0.2, -0.15) is 0 Å². The van der Waals surface area contributed by atoms with Gasteiger partial charge in [0.05, 0.1) is 5.69 Å². The van der Waals surface area contributed by atoms with E-state index < -0.39 is 0 Å². The van der Waals surface area contributed by atoms with Gasteiger partial charge in [0.1, 0.15) is 0 Å². The predicted octanol–water partition coefficient (Wildman–Crippen LogP) is 3.36. The van der Waals surface area contributed by atoms with Gasteiger partial charge in [-0.3, -0.25) is 4.79 Å². The van der Waals surface area contributed by atoms with Crippen molar-refractivity contribution in [1.29, 1.82) is 0 Å². The topological polar surface area (TPSA) is 55.1 Å². The van der Waals surface area contributed by atoms with E-state index in [1.54, 1.807) is 0 Å². The number of nitrogens with one attached hydrogen (secondary N) is 1. The average Bonchev–Trinajstić information content (AvgIpc) is 2.77. The summed E-state index contributed by atoms with van der Waals surface area (Å²) in [4.78, 5) is 16.1. The highest BCUT2D eigenvalue weighted by Crippen LogP contribution is 2.19. The predicted molar refractivity (Wildman–Crippen MR) is 69.7 cm³/mol. The molecule has 2 rings (SSSR count). The average molecular weight is 244 g/mol. The van der Waals surface area contributed by atoms with Crippen LogP contribution < -0.4 is 5.32 Å². The van der Waals surface area contributed by atoms with Crippen molar-refractivity contribution in [2.24, 2.45) is 0 Å². The van der Waals surface area contributed by atoms with Crippen LogP contribution in [0.15, 0.2) is 35.1 Å². The standard InChI is InChI=1S/C14H16N2O2/c1-9(2)12-13(18-8-15-12)14(17)16-11-6-4-5-10(3)7-11/h4-9H,1-3H3,(H,16,17). The Bertz CT molecular complexity index is 558. The molecule has 1 aromatic carbocycles. The number of amides is 1. The molecule has 0 radical (unpaired) electrons. The minimum absolute atomic E-state index is 0.155. The van der Waals surface area contributed by atoms with Gasteiger partial charge in [0.15, 0.2) is 6.39 Å². The van der Waals surface area contributed by atoms with Gasteiger partial charge < -0.3 is 9.73 Å². The fraction of sp³-hybridized carbons (Fsp3) is 0.286. The lowest BCUT2D eigenvalue weighted by Gasteiger charge is -2.06. The van der Waals surface area contributed by atoms with Crippen molar-refractivity contribution >= 4 is 11.6 Å². The zero-order chi connectivity index (χ0) is 13.1. The van der Waals surface area contributed by atoms with Crippen molar-refractivity contribution in [2.45, 2.75) is 26.7 Å². The van der Waals surface area contributed by atoms with E-state index in [2.05, 4.69) is 10.3 Å². The molecule has 0 unspecified atom stereocenters. The van der Waals surface area contributed by atoms with Crippen molar-refractivity contribution in [3.05, 3.63) is 47.7 Å². The molecular formula is C14H16N2O2. The minimum atomic E-state index is -0.262. The highest BCUT2D eigenvalue weighted by molar-refractivity contribution is 6.03. The zero-order valence-electron chi connectivity index (χ0n) is 10.7. The van der Waals surface area contributed by atoms with Gasteiger partial charge in [-0.25, -0.2) is 4.98 Å². The first-order valence-electron chi connectivity index (χ1n) is 5.89. The molecule has 1 amide bonds. The number of nitrogens with zero attached hydrogens (tertiary/aromatic N) is 1. The van der Waals surface area contributed by atoms with Gasteiger partial charge in [0, 0.05) is 5.69 Å². The summed E-state index contributed by atoms with van der Waals surface area (Å²) in [5.41, 5.74) is 2.53. The van der Waals surface area contributed by atoms with E-state index in [4.69, 9.17) is 4.42 Å². The van der Waals surface area contributed by atoms with Crippen LogP contribution in [0, 0.1) is 6.92 Å². The van der Waals surface area contributed by atoms with Gasteiger partial charge in [0.25, 0.3) is 5.91 Å². The van der Waals surface area contributed by atoms with Gasteiger partial charge in [0.2, 0.25) is 5.76 Å². The first-order chi connectivity index (χ1) is 8.58. The molecule has 0 aliphatic carbocycles. The van der Waals surface area contributed by atoms with Crippen LogP contribution in [0.3, 0.4) is 0 Å². The first kappa shape index (κ1) is 12.4. The number of aromatic nitrogens is 1. The van der Waals surface area contributed by atoms with E-state index in [0.717, 1.165) is 11.3 Å². The normalized spacial score (nSPS) is 10.7. The van der Waals surface area contributed by atoms with Gasteiger partial charge >= 0.3 is 0 Å². The molecule has 2 aromatic rings. The number of rotatable bonds is 3. The monoisotopic (exact) mass is 244 g/mol. The summed E-state index contributed by atoms with van der Waals surface area (Å²) in [5.74, 6) is 0.176. The second-order valence-electron chi connectivity index (χ2n) is 4.55. The Kier molecular flexibility index (Phi) is 3.46. The Labute approximate surface area is 106 Å². The Morgan fingerprint density at radius 3 is 2.83 bits per heavy atom. The second kappa shape index (κ2) is 5.04. The van der Waals surface area contributed by atoms with E-state index in [-0.39, 0.29) is 17.6 Å². The van der Waals surface area contributed by atoms with Gasteiger partial charge in [-0.1, -0.05) is 26.0 Å². The maximum Gasteiger partial charge on any atom is 0.293 e. The summed E-state index contributed by atoms with van der Waals surface area (Å²) in [6.45, 7) is 5.92. The fourth-order valence-corrected chi connectivity index (χ4v) is 1.75. The van der Waals surface area contributed by atoms with Crippen LogP contribution >= 0.6 is 0 Å². The molecule has 0 aliphatic heterocycles. The number of carbonyl (C=O) groups is 1. The molecule has 0 atom stereocenters. The zero-order valence-corrected chi connectivity index (χ0v) is 10.7. The highest BCUT2D eigenvalue weighted by Gasteiger charge is 2.19. The van der Waals surface area contributed by atoms with Crippen LogP contribution in [0.1, 0.15) is 41.6 Å². The largest absolute Gasteiger partial charge is 0.438 e. The van der Waals surface area contributed by atoms with E-state index in [1.165, 1.54) is 6.39 Å². The number of hydrogen-bond donors (Lipinski definition) is 1. The molecule has 94 valence electrons. The number of hydrogen-bond acceptors (Lipinski definition) is 3. The van der Waals surface area contributed by atoms with E-state index in [1.807, 2.05) is 45.0 Å². The maximum absolute atomic E-state index is 12.1. The molecule has 0 spiro atoms. The summed E-state index contributed by atoms with van der Waals surface area (Å²) in [7, 11) is 0. The van der Waals surface area contributed by atoms with Crippen LogP contribution in [0.5, 0.6) is 0 Å². The van der Waals surface area contributed by atoms with Crippen molar-refractivity contribution < 1.29 is 9.21 Å². The minimum Gasteiger partial charge on any atom is -0.438 e. The van der Waals surface area contributed by atoms with Crippen LogP contribution in [0.2, 0.25) is 0 Å². The van der Waals surface area contributed by atoms with Crippen molar-refractivity contribution in [1.82, 2.24) is 4.98 Å². The lowest BCUT2D eigenvalue weighted by molar-refractivity contribution is 0.0995. The Balaban J connectivity index is 2.20. The molecular weight excluding hydrogens is 228 g/mol. The smallest absolute Gasteiger partial charge is 0.293 e. The van der Waals surface area contributed by atoms with Gasteiger partial charge in [-0.05, 0) is 30.5 Å². The SMILES string of the molecule is Cc1cccc(NC(=O)c2ocnc2C(C)C)c1. The molecule has 1 aromatic heterocycles. The van der Waals surface area contributed by atoms with Crippen LogP contribution in [0.25, 0.3) is 0 Å². The molecule has 4 nitrogen and oxygen atoms in total. The fourth-order valence-electron chi connectivity index (χ4n) is 1.75. The molecule has 0 saturated carbocycles. The summed E-state index contributed by atoms with van der Waals surface area (Å²) >= 11 is 0. The number of anilines is 1. The van der Waals surface area contributed by atoms with E-state index in [0.29, 0.717) is 5.69 Å². The number of oxazole rings is 1. The third-order valence-electron chi connectivity index (χ3n) is 2.62. The first-order valence-corrected chi connectivity index (χ1v) is 5.89. The van der Waals surface area contributed by atoms with E-state index in [9.17, 15) is 4.79 Å².